The fraction of sp³-hybridized carbons (Fsp3) is 0.409. The summed E-state index contributed by atoms with van der Waals surface area (Å²) in [5.74, 6) is 0.422. The van der Waals surface area contributed by atoms with Crippen molar-refractivity contribution in [2.24, 2.45) is 0 Å². The van der Waals surface area contributed by atoms with Crippen LogP contribution >= 0.6 is 0 Å². The Morgan fingerprint density at radius 1 is 1.26 bits per heavy atom. The molecule has 168 valence electrons. The topological polar surface area (TPSA) is 93.1 Å². The summed E-state index contributed by atoms with van der Waals surface area (Å²) in [6.07, 6.45) is 0.174. The Bertz CT molecular complexity index is 1010. The van der Waals surface area contributed by atoms with Gasteiger partial charge in [0, 0.05) is 30.3 Å². The molecule has 2 aromatic rings. The SMILES string of the molecule is COc1cc(C=O)ccc1OCC(O)CN(Cc1ccccc1F)C1CCS(=O)(=O)C1. The molecule has 0 amide bonds. The lowest BCUT2D eigenvalue weighted by atomic mass is 10.1. The number of aldehydes is 1. The first kappa shape index (κ1) is 23.2. The van der Waals surface area contributed by atoms with Crippen molar-refractivity contribution < 1.29 is 32.2 Å². The van der Waals surface area contributed by atoms with Crippen molar-refractivity contribution in [3.8, 4) is 11.5 Å². The van der Waals surface area contributed by atoms with Crippen LogP contribution in [0.1, 0.15) is 22.3 Å². The third-order valence-electron chi connectivity index (χ3n) is 5.26. The number of aliphatic hydroxyl groups excluding tert-OH is 1. The minimum atomic E-state index is -3.14. The van der Waals surface area contributed by atoms with Crippen molar-refractivity contribution in [1.82, 2.24) is 4.90 Å². The molecular formula is C22H26FNO6S. The van der Waals surface area contributed by atoms with Crippen LogP contribution < -0.4 is 9.47 Å². The Hall–Kier alpha value is -2.49. The number of carbonyl (C=O) groups is 1. The molecule has 0 aromatic heterocycles. The average molecular weight is 452 g/mol. The minimum absolute atomic E-state index is 0.0178. The lowest BCUT2D eigenvalue weighted by molar-refractivity contribution is 0.0512. The summed E-state index contributed by atoms with van der Waals surface area (Å²) in [4.78, 5) is 12.7. The predicted octanol–water partition coefficient (Wildman–Crippen LogP) is 2.08. The molecule has 1 saturated heterocycles. The van der Waals surface area contributed by atoms with Gasteiger partial charge in [-0.15, -0.1) is 0 Å². The molecule has 1 aliphatic heterocycles. The molecule has 0 bridgehead atoms. The van der Waals surface area contributed by atoms with Gasteiger partial charge in [0.25, 0.3) is 0 Å². The number of aliphatic hydroxyl groups is 1. The first-order valence-corrected chi connectivity index (χ1v) is 11.8. The molecule has 2 unspecified atom stereocenters. The first-order chi connectivity index (χ1) is 14.8. The van der Waals surface area contributed by atoms with Crippen molar-refractivity contribution in [3.63, 3.8) is 0 Å². The van der Waals surface area contributed by atoms with E-state index in [9.17, 15) is 22.7 Å². The minimum Gasteiger partial charge on any atom is -0.493 e. The van der Waals surface area contributed by atoms with Gasteiger partial charge in [-0.1, -0.05) is 18.2 Å². The van der Waals surface area contributed by atoms with Crippen molar-refractivity contribution in [1.29, 1.82) is 0 Å². The van der Waals surface area contributed by atoms with Gasteiger partial charge in [-0.3, -0.25) is 9.69 Å². The number of benzene rings is 2. The van der Waals surface area contributed by atoms with E-state index in [-0.39, 0.29) is 43.1 Å². The van der Waals surface area contributed by atoms with E-state index in [0.29, 0.717) is 35.3 Å². The van der Waals surface area contributed by atoms with Gasteiger partial charge in [0.2, 0.25) is 0 Å². The Labute approximate surface area is 181 Å². The summed E-state index contributed by atoms with van der Waals surface area (Å²) in [6.45, 7) is 0.217. The second-order valence-electron chi connectivity index (χ2n) is 7.57. The number of sulfone groups is 1. The van der Waals surface area contributed by atoms with Crippen LogP contribution in [0.4, 0.5) is 4.39 Å². The molecule has 9 heteroatoms. The van der Waals surface area contributed by atoms with Gasteiger partial charge in [0.1, 0.15) is 24.8 Å². The Morgan fingerprint density at radius 2 is 2.03 bits per heavy atom. The van der Waals surface area contributed by atoms with E-state index in [1.807, 2.05) is 0 Å². The van der Waals surface area contributed by atoms with Crippen LogP contribution in [0, 0.1) is 5.82 Å². The van der Waals surface area contributed by atoms with E-state index in [1.165, 1.54) is 19.2 Å². The first-order valence-electron chi connectivity index (χ1n) is 9.93. The highest BCUT2D eigenvalue weighted by molar-refractivity contribution is 7.91. The van der Waals surface area contributed by atoms with Gasteiger partial charge >= 0.3 is 0 Å². The quantitative estimate of drug-likeness (QED) is 0.553. The van der Waals surface area contributed by atoms with Gasteiger partial charge in [-0.2, -0.15) is 0 Å². The number of carbonyl (C=O) groups excluding carboxylic acids is 1. The van der Waals surface area contributed by atoms with Crippen molar-refractivity contribution in [2.45, 2.75) is 25.1 Å². The standard InChI is InChI=1S/C22H26FNO6S/c1-29-22-10-16(13-25)6-7-21(22)30-14-19(26)12-24(18-8-9-31(27,28)15-18)11-17-4-2-3-5-20(17)23/h2-7,10,13,18-19,26H,8-9,11-12,14-15H2,1H3. The highest BCUT2D eigenvalue weighted by Crippen LogP contribution is 2.28. The van der Waals surface area contributed by atoms with Crippen LogP contribution in [-0.2, 0) is 16.4 Å². The Morgan fingerprint density at radius 3 is 2.68 bits per heavy atom. The lowest BCUT2D eigenvalue weighted by Crippen LogP contribution is -2.42. The third kappa shape index (κ3) is 6.25. The monoisotopic (exact) mass is 451 g/mol. The molecule has 2 aromatic carbocycles. The highest BCUT2D eigenvalue weighted by atomic mass is 32.2. The fourth-order valence-corrected chi connectivity index (χ4v) is 5.40. The number of rotatable bonds is 10. The van der Waals surface area contributed by atoms with Crippen LogP contribution in [-0.4, -0.2) is 68.6 Å². The molecule has 1 N–H and O–H groups in total. The predicted molar refractivity (Wildman–Crippen MR) is 114 cm³/mol. The number of hydrogen-bond acceptors (Lipinski definition) is 7. The molecule has 1 heterocycles. The molecule has 0 radical (unpaired) electrons. The van der Waals surface area contributed by atoms with Gasteiger partial charge in [0.05, 0.1) is 18.6 Å². The van der Waals surface area contributed by atoms with Crippen LogP contribution in [0.3, 0.4) is 0 Å². The number of ether oxygens (including phenoxy) is 2. The summed E-state index contributed by atoms with van der Waals surface area (Å²) >= 11 is 0. The van der Waals surface area contributed by atoms with Crippen LogP contribution in [0.2, 0.25) is 0 Å². The molecule has 0 aliphatic carbocycles. The zero-order chi connectivity index (χ0) is 22.4. The van der Waals surface area contributed by atoms with E-state index in [4.69, 9.17) is 9.47 Å². The van der Waals surface area contributed by atoms with Gasteiger partial charge in [0.15, 0.2) is 21.3 Å². The van der Waals surface area contributed by atoms with Crippen molar-refractivity contribution in [3.05, 3.63) is 59.4 Å². The number of halogens is 1. The molecule has 1 fully saturated rings. The lowest BCUT2D eigenvalue weighted by Gasteiger charge is -2.30. The molecule has 0 spiro atoms. The highest BCUT2D eigenvalue weighted by Gasteiger charge is 2.33. The van der Waals surface area contributed by atoms with Crippen LogP contribution in [0.5, 0.6) is 11.5 Å². The zero-order valence-corrected chi connectivity index (χ0v) is 18.1. The van der Waals surface area contributed by atoms with E-state index in [0.717, 1.165) is 0 Å². The molecular weight excluding hydrogens is 425 g/mol. The summed E-state index contributed by atoms with van der Waals surface area (Å²) in [5.41, 5.74) is 0.870. The molecule has 3 rings (SSSR count). The van der Waals surface area contributed by atoms with E-state index >= 15 is 0 Å². The third-order valence-corrected chi connectivity index (χ3v) is 7.01. The summed E-state index contributed by atoms with van der Waals surface area (Å²) < 4.78 is 49.0. The second kappa shape index (κ2) is 10.2. The van der Waals surface area contributed by atoms with Gasteiger partial charge in [-0.25, -0.2) is 12.8 Å². The summed E-state index contributed by atoms with van der Waals surface area (Å²) in [5, 5.41) is 10.6. The Balaban J connectivity index is 1.69. The molecule has 2 atom stereocenters. The van der Waals surface area contributed by atoms with Crippen LogP contribution in [0.15, 0.2) is 42.5 Å². The molecule has 31 heavy (non-hydrogen) atoms. The normalized spacial score (nSPS) is 18.6. The number of nitrogens with zero attached hydrogens (tertiary/aromatic N) is 1. The number of hydrogen-bond donors (Lipinski definition) is 1. The Kier molecular flexibility index (Phi) is 7.64. The maximum atomic E-state index is 14.2. The van der Waals surface area contributed by atoms with Crippen LogP contribution in [0.25, 0.3) is 0 Å². The largest absolute Gasteiger partial charge is 0.493 e. The maximum Gasteiger partial charge on any atom is 0.161 e. The molecule has 7 nitrogen and oxygen atoms in total. The molecule has 1 aliphatic rings. The zero-order valence-electron chi connectivity index (χ0n) is 17.2. The van der Waals surface area contributed by atoms with E-state index < -0.39 is 15.9 Å². The van der Waals surface area contributed by atoms with E-state index in [2.05, 4.69) is 0 Å². The fourth-order valence-electron chi connectivity index (χ4n) is 3.64. The van der Waals surface area contributed by atoms with E-state index in [1.54, 1.807) is 35.2 Å². The van der Waals surface area contributed by atoms with Crippen molar-refractivity contribution >= 4 is 16.1 Å². The van der Waals surface area contributed by atoms with Crippen molar-refractivity contribution in [2.75, 3.05) is 31.8 Å². The van der Waals surface area contributed by atoms with Gasteiger partial charge in [-0.05, 0) is 30.7 Å². The second-order valence-corrected chi connectivity index (χ2v) is 9.80. The summed E-state index contributed by atoms with van der Waals surface area (Å²) in [7, 11) is -1.69. The number of methoxy groups -OCH3 is 1. The smallest absolute Gasteiger partial charge is 0.161 e. The maximum absolute atomic E-state index is 14.2. The van der Waals surface area contributed by atoms with Gasteiger partial charge < -0.3 is 14.6 Å². The molecule has 0 saturated carbocycles. The average Bonchev–Trinajstić information content (AvgIpc) is 3.12. The summed E-state index contributed by atoms with van der Waals surface area (Å²) in [6, 6.07) is 10.7.